The highest BCUT2D eigenvalue weighted by Gasteiger charge is 2.37. The van der Waals surface area contributed by atoms with Gasteiger partial charge in [-0.1, -0.05) is 31.2 Å². The number of alkyl halides is 3. The van der Waals surface area contributed by atoms with Crippen molar-refractivity contribution < 1.29 is 35.9 Å². The molecule has 1 heterocycles. The van der Waals surface area contributed by atoms with E-state index in [-0.39, 0.29) is 45.9 Å². The van der Waals surface area contributed by atoms with E-state index in [9.17, 15) is 31.2 Å². The predicted octanol–water partition coefficient (Wildman–Crippen LogP) is 4.61. The van der Waals surface area contributed by atoms with Gasteiger partial charge in [0.15, 0.2) is 9.84 Å². The summed E-state index contributed by atoms with van der Waals surface area (Å²) in [7, 11) is -2.13. The van der Waals surface area contributed by atoms with Crippen LogP contribution in [0.5, 0.6) is 0 Å². The summed E-state index contributed by atoms with van der Waals surface area (Å²) in [5, 5.41) is 2.68. The van der Waals surface area contributed by atoms with Crippen LogP contribution in [0.1, 0.15) is 44.6 Å². The Hall–Kier alpha value is -4.19. The maximum absolute atomic E-state index is 13.9. The Morgan fingerprint density at radius 1 is 0.974 bits per heavy atom. The van der Waals surface area contributed by atoms with E-state index in [2.05, 4.69) is 15.0 Å². The molecule has 0 radical (unpaired) electrons. The third kappa shape index (κ3) is 6.11. The van der Waals surface area contributed by atoms with Crippen molar-refractivity contribution in [2.24, 2.45) is 0 Å². The number of carbonyl (C=O) groups is 2. The number of imidazole rings is 1. The van der Waals surface area contributed by atoms with Crippen molar-refractivity contribution in [2.75, 3.05) is 12.9 Å². The number of aromatic nitrogens is 2. The largest absolute Gasteiger partial charge is 0.465 e. The number of ether oxygens (including phenoxy) is 1. The average molecular weight is 560 g/mol. The second kappa shape index (κ2) is 10.9. The van der Waals surface area contributed by atoms with Crippen molar-refractivity contribution in [1.29, 1.82) is 0 Å². The number of esters is 1. The van der Waals surface area contributed by atoms with Crippen molar-refractivity contribution in [3.63, 3.8) is 0 Å². The van der Waals surface area contributed by atoms with Crippen LogP contribution < -0.4 is 5.32 Å². The fourth-order valence-electron chi connectivity index (χ4n) is 4.01. The molecule has 4 aromatic rings. The summed E-state index contributed by atoms with van der Waals surface area (Å²) in [6, 6.07) is 16.2. The number of hydrogen-bond donors (Lipinski definition) is 1. The van der Waals surface area contributed by atoms with E-state index >= 15 is 0 Å². The summed E-state index contributed by atoms with van der Waals surface area (Å²) in [5.74, 6) is -2.31. The molecule has 1 N–H and O–H groups in total. The van der Waals surface area contributed by atoms with Crippen molar-refractivity contribution >= 4 is 32.7 Å². The van der Waals surface area contributed by atoms with Crippen LogP contribution in [0.15, 0.2) is 71.6 Å². The van der Waals surface area contributed by atoms with Gasteiger partial charge in [-0.05, 0) is 53.6 Å². The van der Waals surface area contributed by atoms with Gasteiger partial charge in [0, 0.05) is 18.7 Å². The summed E-state index contributed by atoms with van der Waals surface area (Å²) >= 11 is 0. The first-order valence-corrected chi connectivity index (χ1v) is 13.4. The zero-order chi connectivity index (χ0) is 28.4. The first kappa shape index (κ1) is 27.8. The Balaban J connectivity index is 1.58. The van der Waals surface area contributed by atoms with Gasteiger partial charge in [-0.2, -0.15) is 13.2 Å². The maximum atomic E-state index is 13.9. The van der Waals surface area contributed by atoms with Gasteiger partial charge in [-0.15, -0.1) is 0 Å². The second-order valence-electron chi connectivity index (χ2n) is 8.64. The van der Waals surface area contributed by atoms with Gasteiger partial charge >= 0.3 is 12.1 Å². The number of hydrogen-bond acceptors (Lipinski definition) is 6. The molecule has 0 saturated heterocycles. The van der Waals surface area contributed by atoms with Gasteiger partial charge in [0.05, 0.1) is 34.4 Å². The summed E-state index contributed by atoms with van der Waals surface area (Å²) < 4.78 is 71.2. The monoisotopic (exact) mass is 559 g/mol. The molecule has 39 heavy (non-hydrogen) atoms. The standard InChI is InChI=1S/C27H24F3N3O5S/c1-3-39(36,37)21-10-7-17(8-11-21)15-31-24(34)19-9-12-23-22(14-19)32-26(27(28,29)30)33(23)16-18-5-4-6-20(13-18)25(35)38-2/h4-14H,3,15-16H2,1-2H3,(H,31,34). The molecule has 8 nitrogen and oxygen atoms in total. The normalized spacial score (nSPS) is 11.9. The van der Waals surface area contributed by atoms with E-state index in [1.54, 1.807) is 31.2 Å². The Morgan fingerprint density at radius 2 is 1.69 bits per heavy atom. The smallest absolute Gasteiger partial charge is 0.449 e. The van der Waals surface area contributed by atoms with Crippen molar-refractivity contribution in [2.45, 2.75) is 31.1 Å². The molecule has 0 spiro atoms. The van der Waals surface area contributed by atoms with Crippen LogP contribution in [-0.4, -0.2) is 42.7 Å². The van der Waals surface area contributed by atoms with E-state index in [1.807, 2.05) is 0 Å². The van der Waals surface area contributed by atoms with Crippen molar-refractivity contribution in [1.82, 2.24) is 14.9 Å². The molecule has 12 heteroatoms. The van der Waals surface area contributed by atoms with Crippen LogP contribution in [0.25, 0.3) is 11.0 Å². The van der Waals surface area contributed by atoms with Gasteiger partial charge < -0.3 is 14.6 Å². The molecule has 0 aliphatic heterocycles. The SMILES string of the molecule is CCS(=O)(=O)c1ccc(CNC(=O)c2ccc3c(c2)nc(C(F)(F)F)n3Cc2cccc(C(=O)OC)c2)cc1. The van der Waals surface area contributed by atoms with Crippen LogP contribution in [0, 0.1) is 0 Å². The average Bonchev–Trinajstić information content (AvgIpc) is 3.29. The molecule has 0 bridgehead atoms. The van der Waals surface area contributed by atoms with Crippen LogP contribution in [0.3, 0.4) is 0 Å². The zero-order valence-electron chi connectivity index (χ0n) is 20.9. The minimum atomic E-state index is -4.77. The van der Waals surface area contributed by atoms with Crippen LogP contribution >= 0.6 is 0 Å². The van der Waals surface area contributed by atoms with E-state index in [0.717, 1.165) is 4.57 Å². The Bertz CT molecular complexity index is 1650. The fourth-order valence-corrected chi connectivity index (χ4v) is 4.89. The maximum Gasteiger partial charge on any atom is 0.449 e. The molecule has 0 fully saturated rings. The van der Waals surface area contributed by atoms with Crippen LogP contribution in [0.2, 0.25) is 0 Å². The van der Waals surface area contributed by atoms with Gasteiger partial charge in [0.1, 0.15) is 0 Å². The number of sulfone groups is 1. The summed E-state index contributed by atoms with van der Waals surface area (Å²) in [6.45, 7) is 1.41. The lowest BCUT2D eigenvalue weighted by molar-refractivity contribution is -0.146. The van der Waals surface area contributed by atoms with Crippen molar-refractivity contribution in [3.05, 3.63) is 94.8 Å². The number of rotatable bonds is 8. The van der Waals surface area contributed by atoms with Crippen molar-refractivity contribution in [3.8, 4) is 0 Å². The molecule has 4 rings (SSSR count). The summed E-state index contributed by atoms with van der Waals surface area (Å²) in [4.78, 5) is 28.5. The highest BCUT2D eigenvalue weighted by atomic mass is 32.2. The number of fused-ring (bicyclic) bond motifs is 1. The summed E-state index contributed by atoms with van der Waals surface area (Å²) in [6.07, 6.45) is -4.77. The predicted molar refractivity (Wildman–Crippen MR) is 137 cm³/mol. The Kier molecular flexibility index (Phi) is 7.77. The number of halogens is 3. The first-order chi connectivity index (χ1) is 18.4. The van der Waals surface area contributed by atoms with E-state index < -0.39 is 33.7 Å². The number of carbonyl (C=O) groups excluding carboxylic acids is 2. The molecule has 3 aromatic carbocycles. The molecular weight excluding hydrogens is 535 g/mol. The molecule has 204 valence electrons. The van der Waals surface area contributed by atoms with Crippen LogP contribution in [0.4, 0.5) is 13.2 Å². The molecule has 0 saturated carbocycles. The number of nitrogens with one attached hydrogen (secondary N) is 1. The second-order valence-corrected chi connectivity index (χ2v) is 10.9. The fraction of sp³-hybridized carbons (Fsp3) is 0.222. The van der Waals surface area contributed by atoms with Gasteiger partial charge in [0.25, 0.3) is 5.91 Å². The Morgan fingerprint density at radius 3 is 2.33 bits per heavy atom. The van der Waals surface area contributed by atoms with E-state index in [4.69, 9.17) is 0 Å². The minimum Gasteiger partial charge on any atom is -0.465 e. The molecule has 0 aliphatic rings. The lowest BCUT2D eigenvalue weighted by Gasteiger charge is -2.12. The quantitative estimate of drug-likeness (QED) is 0.316. The van der Waals surface area contributed by atoms with Gasteiger partial charge in [-0.3, -0.25) is 4.79 Å². The third-order valence-electron chi connectivity index (χ3n) is 6.07. The van der Waals surface area contributed by atoms with Gasteiger partial charge in [-0.25, -0.2) is 18.2 Å². The zero-order valence-corrected chi connectivity index (χ0v) is 21.8. The molecule has 1 aromatic heterocycles. The molecule has 0 aliphatic carbocycles. The number of amides is 1. The number of nitrogens with zero attached hydrogens (tertiary/aromatic N) is 2. The highest BCUT2D eigenvalue weighted by molar-refractivity contribution is 7.91. The van der Waals surface area contributed by atoms with Crippen LogP contribution in [-0.2, 0) is 33.8 Å². The minimum absolute atomic E-state index is 0.0202. The highest BCUT2D eigenvalue weighted by Crippen LogP contribution is 2.32. The van der Waals surface area contributed by atoms with E-state index in [0.29, 0.717) is 11.1 Å². The lowest BCUT2D eigenvalue weighted by atomic mass is 10.1. The van der Waals surface area contributed by atoms with Gasteiger partial charge in [0.2, 0.25) is 5.82 Å². The number of benzene rings is 3. The topological polar surface area (TPSA) is 107 Å². The molecule has 0 unspecified atom stereocenters. The number of methoxy groups -OCH3 is 1. The first-order valence-electron chi connectivity index (χ1n) is 11.8. The van der Waals surface area contributed by atoms with E-state index in [1.165, 1.54) is 49.6 Å². The Labute approximate surface area is 222 Å². The summed E-state index contributed by atoms with van der Waals surface area (Å²) in [5.41, 5.74) is 1.54. The molecule has 0 atom stereocenters. The third-order valence-corrected chi connectivity index (χ3v) is 7.82. The lowest BCUT2D eigenvalue weighted by Crippen LogP contribution is -2.22. The molecule has 1 amide bonds. The molecular formula is C27H24F3N3O5S.